The van der Waals surface area contributed by atoms with Gasteiger partial charge >= 0.3 is 0 Å². The van der Waals surface area contributed by atoms with Crippen LogP contribution in [0.4, 0.5) is 11.4 Å². The van der Waals surface area contributed by atoms with Crippen LogP contribution >= 0.6 is 0 Å². The first-order valence-corrected chi connectivity index (χ1v) is 13.7. The van der Waals surface area contributed by atoms with Gasteiger partial charge in [0.2, 0.25) is 11.8 Å². The molecule has 2 aliphatic heterocycles. The van der Waals surface area contributed by atoms with Crippen molar-refractivity contribution in [1.29, 1.82) is 0 Å². The molecule has 198 valence electrons. The maximum atomic E-state index is 13.5. The highest BCUT2D eigenvalue weighted by atomic mass is 16.2. The Morgan fingerprint density at radius 2 is 1.54 bits per heavy atom. The summed E-state index contributed by atoms with van der Waals surface area (Å²) in [6.07, 6.45) is 3.25. The lowest BCUT2D eigenvalue weighted by Gasteiger charge is -2.38. The predicted octanol–water partition coefficient (Wildman–Crippen LogP) is 4.75. The van der Waals surface area contributed by atoms with Gasteiger partial charge < -0.3 is 20.0 Å². The Morgan fingerprint density at radius 1 is 0.865 bits per heavy atom. The number of piperazine rings is 1. The first-order valence-electron chi connectivity index (χ1n) is 13.7. The Labute approximate surface area is 220 Å². The van der Waals surface area contributed by atoms with Gasteiger partial charge in [-0.05, 0) is 48.9 Å². The lowest BCUT2D eigenvalue weighted by Crippen LogP contribution is -2.50. The molecule has 37 heavy (non-hydrogen) atoms. The summed E-state index contributed by atoms with van der Waals surface area (Å²) in [5.74, 6) is 0.274. The maximum Gasteiger partial charge on any atom is 0.256 e. The summed E-state index contributed by atoms with van der Waals surface area (Å²) in [7, 11) is 0. The zero-order chi connectivity index (χ0) is 26.4. The molecule has 0 bridgehead atoms. The molecule has 2 saturated heterocycles. The fourth-order valence-corrected chi connectivity index (χ4v) is 5.36. The predicted molar refractivity (Wildman–Crippen MR) is 148 cm³/mol. The molecule has 0 aliphatic carbocycles. The minimum Gasteiger partial charge on any atom is -0.367 e. The van der Waals surface area contributed by atoms with E-state index in [0.717, 1.165) is 43.6 Å². The number of likely N-dealkylation sites (tertiary alicyclic amines) is 1. The van der Waals surface area contributed by atoms with Gasteiger partial charge in [0.05, 0.1) is 11.5 Å². The Hall–Kier alpha value is -3.35. The van der Waals surface area contributed by atoms with E-state index in [9.17, 15) is 14.4 Å². The van der Waals surface area contributed by atoms with Crippen LogP contribution in [0, 0.1) is 5.92 Å². The van der Waals surface area contributed by atoms with Gasteiger partial charge in [0.15, 0.2) is 0 Å². The molecule has 0 spiro atoms. The molecule has 3 amide bonds. The van der Waals surface area contributed by atoms with Crippen LogP contribution in [0.5, 0.6) is 0 Å². The number of rotatable bonds is 8. The van der Waals surface area contributed by atoms with E-state index in [2.05, 4.69) is 17.1 Å². The number of nitrogens with zero attached hydrogens (tertiary/aromatic N) is 3. The lowest BCUT2D eigenvalue weighted by molar-refractivity contribution is -0.133. The molecule has 2 aliphatic rings. The van der Waals surface area contributed by atoms with E-state index < -0.39 is 0 Å². The van der Waals surface area contributed by atoms with Gasteiger partial charge in [-0.1, -0.05) is 51.1 Å². The standard InChI is InChI=1S/C30H40N4O3/c1-4-25(23-10-6-5-7-11-23)29(36)34-18-16-32(17-19-34)27-13-12-24(31-28(35)20-22(2)3)21-26(27)30(37)33-14-8-9-15-33/h5-7,10-13,21-22,25H,4,8-9,14-20H2,1-3H3,(H,31,35)/t25-/m1/s1. The summed E-state index contributed by atoms with van der Waals surface area (Å²) in [6, 6.07) is 15.7. The van der Waals surface area contributed by atoms with Gasteiger partial charge in [-0.3, -0.25) is 14.4 Å². The van der Waals surface area contributed by atoms with Crippen molar-refractivity contribution in [2.24, 2.45) is 5.92 Å². The third-order valence-corrected chi connectivity index (χ3v) is 7.34. The van der Waals surface area contributed by atoms with Gasteiger partial charge in [-0.25, -0.2) is 0 Å². The second-order valence-corrected chi connectivity index (χ2v) is 10.6. The van der Waals surface area contributed by atoms with Crippen LogP contribution in [0.2, 0.25) is 0 Å². The zero-order valence-electron chi connectivity index (χ0n) is 22.4. The number of anilines is 2. The fraction of sp³-hybridized carbons (Fsp3) is 0.500. The number of carbonyl (C=O) groups excluding carboxylic acids is 3. The number of hydrogen-bond acceptors (Lipinski definition) is 4. The summed E-state index contributed by atoms with van der Waals surface area (Å²) >= 11 is 0. The zero-order valence-corrected chi connectivity index (χ0v) is 22.4. The maximum absolute atomic E-state index is 13.5. The molecule has 2 fully saturated rings. The van der Waals surface area contributed by atoms with Crippen LogP contribution in [-0.4, -0.2) is 66.8 Å². The molecule has 0 saturated carbocycles. The van der Waals surface area contributed by atoms with Crippen LogP contribution in [0.25, 0.3) is 0 Å². The molecular weight excluding hydrogens is 464 g/mol. The summed E-state index contributed by atoms with van der Waals surface area (Å²) in [6.45, 7) is 10.2. The van der Waals surface area contributed by atoms with E-state index in [-0.39, 0.29) is 29.6 Å². The fourth-order valence-electron chi connectivity index (χ4n) is 5.36. The molecule has 0 radical (unpaired) electrons. The summed E-state index contributed by atoms with van der Waals surface area (Å²) < 4.78 is 0. The van der Waals surface area contributed by atoms with Gasteiger partial charge in [0.25, 0.3) is 5.91 Å². The Kier molecular flexibility index (Phi) is 8.85. The van der Waals surface area contributed by atoms with Crippen LogP contribution in [0.15, 0.2) is 48.5 Å². The third-order valence-electron chi connectivity index (χ3n) is 7.34. The minimum absolute atomic E-state index is 0.0149. The van der Waals surface area contributed by atoms with Crippen molar-refractivity contribution in [2.45, 2.75) is 52.4 Å². The molecule has 0 unspecified atom stereocenters. The number of nitrogens with one attached hydrogen (secondary N) is 1. The molecule has 2 aromatic carbocycles. The second-order valence-electron chi connectivity index (χ2n) is 10.6. The molecule has 2 aromatic rings. The van der Waals surface area contributed by atoms with E-state index in [4.69, 9.17) is 0 Å². The Bertz CT molecular complexity index is 1090. The molecule has 1 N–H and O–H groups in total. The van der Waals surface area contributed by atoms with Crippen molar-refractivity contribution in [3.63, 3.8) is 0 Å². The highest BCUT2D eigenvalue weighted by Gasteiger charge is 2.30. The molecule has 0 aromatic heterocycles. The van der Waals surface area contributed by atoms with Crippen molar-refractivity contribution in [3.8, 4) is 0 Å². The quantitative estimate of drug-likeness (QED) is 0.563. The van der Waals surface area contributed by atoms with E-state index in [1.54, 1.807) is 0 Å². The highest BCUT2D eigenvalue weighted by molar-refractivity contribution is 6.02. The first kappa shape index (κ1) is 26.7. The van der Waals surface area contributed by atoms with Gasteiger partial charge in [0, 0.05) is 57.1 Å². The van der Waals surface area contributed by atoms with Crippen molar-refractivity contribution >= 4 is 29.1 Å². The molecule has 7 heteroatoms. The SMILES string of the molecule is CC[C@@H](C(=O)N1CCN(c2ccc(NC(=O)CC(C)C)cc2C(=O)N2CCCC2)CC1)c1ccccc1. The minimum atomic E-state index is -0.131. The van der Waals surface area contributed by atoms with Crippen molar-refractivity contribution in [2.75, 3.05) is 49.5 Å². The third kappa shape index (κ3) is 6.51. The smallest absolute Gasteiger partial charge is 0.256 e. The largest absolute Gasteiger partial charge is 0.367 e. The van der Waals surface area contributed by atoms with E-state index in [1.165, 1.54) is 0 Å². The molecular formula is C30H40N4O3. The average Bonchev–Trinajstić information content (AvgIpc) is 3.44. The number of benzene rings is 2. The monoisotopic (exact) mass is 504 g/mol. The Balaban J connectivity index is 1.50. The Morgan fingerprint density at radius 3 is 2.16 bits per heavy atom. The molecule has 7 nitrogen and oxygen atoms in total. The summed E-state index contributed by atoms with van der Waals surface area (Å²) in [4.78, 5) is 45.3. The summed E-state index contributed by atoms with van der Waals surface area (Å²) in [5, 5.41) is 2.96. The average molecular weight is 505 g/mol. The van der Waals surface area contributed by atoms with Crippen molar-refractivity contribution < 1.29 is 14.4 Å². The van der Waals surface area contributed by atoms with E-state index in [0.29, 0.717) is 43.9 Å². The van der Waals surface area contributed by atoms with Gasteiger partial charge in [0.1, 0.15) is 0 Å². The van der Waals surface area contributed by atoms with Crippen molar-refractivity contribution in [1.82, 2.24) is 9.80 Å². The van der Waals surface area contributed by atoms with Crippen LogP contribution in [-0.2, 0) is 9.59 Å². The number of carbonyl (C=O) groups is 3. The topological polar surface area (TPSA) is 73.0 Å². The highest BCUT2D eigenvalue weighted by Crippen LogP contribution is 2.29. The normalized spacial score (nSPS) is 16.7. The van der Waals surface area contributed by atoms with E-state index in [1.807, 2.05) is 72.2 Å². The molecule has 2 heterocycles. The number of hydrogen-bond donors (Lipinski definition) is 1. The van der Waals surface area contributed by atoms with Gasteiger partial charge in [-0.15, -0.1) is 0 Å². The summed E-state index contributed by atoms with van der Waals surface area (Å²) in [5.41, 5.74) is 3.21. The first-order chi connectivity index (χ1) is 17.9. The molecule has 1 atom stereocenters. The van der Waals surface area contributed by atoms with Crippen LogP contribution in [0.1, 0.15) is 68.3 Å². The van der Waals surface area contributed by atoms with E-state index >= 15 is 0 Å². The van der Waals surface area contributed by atoms with Crippen molar-refractivity contribution in [3.05, 3.63) is 59.7 Å². The molecule has 4 rings (SSSR count). The lowest BCUT2D eigenvalue weighted by atomic mass is 9.94. The van der Waals surface area contributed by atoms with Gasteiger partial charge in [-0.2, -0.15) is 0 Å². The van der Waals surface area contributed by atoms with Crippen LogP contribution < -0.4 is 10.2 Å². The second kappa shape index (κ2) is 12.3. The number of amides is 3. The van der Waals surface area contributed by atoms with Crippen LogP contribution in [0.3, 0.4) is 0 Å².